The average molecular weight is 321 g/mol. The Hall–Kier alpha value is -2.11. The van der Waals surface area contributed by atoms with E-state index in [0.717, 1.165) is 11.1 Å². The summed E-state index contributed by atoms with van der Waals surface area (Å²) in [4.78, 5) is 15.5. The molecule has 0 saturated heterocycles. The molecule has 116 valence electrons. The maximum atomic E-state index is 11.5. The molecule has 2 N–H and O–H groups in total. The first-order chi connectivity index (χ1) is 10.7. The summed E-state index contributed by atoms with van der Waals surface area (Å²) in [5.74, 6) is 0.573. The van der Waals surface area contributed by atoms with Crippen molar-refractivity contribution in [3.63, 3.8) is 0 Å². The highest BCUT2D eigenvalue weighted by molar-refractivity contribution is 6.30. The molecule has 1 amide bonds. The zero-order chi connectivity index (χ0) is 15.8. The van der Waals surface area contributed by atoms with Crippen molar-refractivity contribution in [1.82, 2.24) is 10.3 Å². The second-order valence-electron chi connectivity index (χ2n) is 4.64. The summed E-state index contributed by atoms with van der Waals surface area (Å²) in [6.45, 7) is 0.546. The van der Waals surface area contributed by atoms with Crippen molar-refractivity contribution >= 4 is 17.5 Å². The van der Waals surface area contributed by atoms with Crippen LogP contribution >= 0.6 is 11.6 Å². The van der Waals surface area contributed by atoms with Gasteiger partial charge in [-0.05, 0) is 23.8 Å². The molecular weight excluding hydrogens is 304 g/mol. The number of aliphatic hydroxyl groups is 1. The number of ether oxygens (including phenoxy) is 1. The normalized spacial score (nSPS) is 10.3. The van der Waals surface area contributed by atoms with Crippen LogP contribution in [0.1, 0.15) is 11.1 Å². The van der Waals surface area contributed by atoms with Gasteiger partial charge in [-0.25, -0.2) is 4.98 Å². The minimum absolute atomic E-state index is 0.0601. The molecule has 5 nitrogen and oxygen atoms in total. The van der Waals surface area contributed by atoms with Gasteiger partial charge in [-0.3, -0.25) is 4.79 Å². The summed E-state index contributed by atoms with van der Waals surface area (Å²) in [6, 6.07) is 10.9. The van der Waals surface area contributed by atoms with E-state index in [-0.39, 0.29) is 25.5 Å². The average Bonchev–Trinajstić information content (AvgIpc) is 2.53. The summed E-state index contributed by atoms with van der Waals surface area (Å²) in [7, 11) is 0. The molecule has 22 heavy (non-hydrogen) atoms. The van der Waals surface area contributed by atoms with E-state index in [4.69, 9.17) is 21.4 Å². The van der Waals surface area contributed by atoms with E-state index in [1.165, 1.54) is 0 Å². The lowest BCUT2D eigenvalue weighted by molar-refractivity contribution is -0.120. The van der Waals surface area contributed by atoms with E-state index >= 15 is 0 Å². The molecule has 1 aromatic carbocycles. The topological polar surface area (TPSA) is 71.5 Å². The highest BCUT2D eigenvalue weighted by Crippen LogP contribution is 2.17. The Morgan fingerprint density at radius 1 is 1.27 bits per heavy atom. The number of nitrogens with zero attached hydrogens (tertiary/aromatic N) is 1. The first-order valence-electron chi connectivity index (χ1n) is 6.87. The minimum atomic E-state index is -0.120. The number of hydrogen-bond acceptors (Lipinski definition) is 4. The van der Waals surface area contributed by atoms with E-state index in [0.29, 0.717) is 17.5 Å². The zero-order valence-electron chi connectivity index (χ0n) is 12.0. The number of pyridine rings is 1. The Morgan fingerprint density at radius 3 is 2.73 bits per heavy atom. The van der Waals surface area contributed by atoms with Crippen molar-refractivity contribution < 1.29 is 14.6 Å². The van der Waals surface area contributed by atoms with Crippen LogP contribution in [-0.4, -0.2) is 29.1 Å². The molecule has 0 spiro atoms. The van der Waals surface area contributed by atoms with Crippen LogP contribution < -0.4 is 10.1 Å². The summed E-state index contributed by atoms with van der Waals surface area (Å²) >= 11 is 5.96. The van der Waals surface area contributed by atoms with Gasteiger partial charge in [0.25, 0.3) is 0 Å². The molecule has 0 aliphatic rings. The maximum absolute atomic E-state index is 11.5. The minimum Gasteiger partial charge on any atom is -0.489 e. The van der Waals surface area contributed by atoms with Gasteiger partial charge in [0.1, 0.15) is 17.5 Å². The van der Waals surface area contributed by atoms with E-state index in [1.54, 1.807) is 24.4 Å². The van der Waals surface area contributed by atoms with E-state index in [1.807, 2.05) is 18.2 Å². The van der Waals surface area contributed by atoms with Gasteiger partial charge >= 0.3 is 0 Å². The molecule has 0 aliphatic carbocycles. The predicted molar refractivity (Wildman–Crippen MR) is 83.8 cm³/mol. The molecule has 2 aromatic rings. The van der Waals surface area contributed by atoms with Gasteiger partial charge in [0, 0.05) is 18.3 Å². The van der Waals surface area contributed by atoms with Crippen molar-refractivity contribution in [3.8, 4) is 5.75 Å². The van der Waals surface area contributed by atoms with Crippen molar-refractivity contribution in [2.24, 2.45) is 0 Å². The van der Waals surface area contributed by atoms with Gasteiger partial charge in [0.2, 0.25) is 5.91 Å². The molecule has 0 saturated carbocycles. The Morgan fingerprint density at radius 2 is 2.05 bits per heavy atom. The number of rotatable bonds is 7. The second-order valence-corrected chi connectivity index (χ2v) is 4.99. The van der Waals surface area contributed by atoms with Crippen LogP contribution in [0.15, 0.2) is 42.6 Å². The highest BCUT2D eigenvalue weighted by Gasteiger charge is 2.04. The number of carbonyl (C=O) groups is 1. The van der Waals surface area contributed by atoms with E-state index < -0.39 is 0 Å². The standard InChI is InChI=1S/C16H17ClN2O3/c17-16-13(2-1-7-19-16)11-22-14-5-3-12(4-6-14)10-15(21)18-8-9-20/h1-7,20H,8-11H2,(H,18,21). The molecule has 2 rings (SSSR count). The summed E-state index contributed by atoms with van der Waals surface area (Å²) < 4.78 is 5.64. The van der Waals surface area contributed by atoms with Gasteiger partial charge in [-0.1, -0.05) is 29.8 Å². The third-order valence-corrected chi connectivity index (χ3v) is 3.29. The number of halogens is 1. The van der Waals surface area contributed by atoms with Gasteiger partial charge in [0.15, 0.2) is 0 Å². The van der Waals surface area contributed by atoms with Crippen LogP contribution in [0.4, 0.5) is 0 Å². The first-order valence-corrected chi connectivity index (χ1v) is 7.25. The summed E-state index contributed by atoms with van der Waals surface area (Å²) in [6.07, 6.45) is 1.90. The third-order valence-electron chi connectivity index (χ3n) is 2.95. The molecule has 0 unspecified atom stereocenters. The third kappa shape index (κ3) is 5.02. The number of aliphatic hydroxyl groups excluding tert-OH is 1. The molecular formula is C16H17ClN2O3. The predicted octanol–water partition coefficient (Wildman–Crippen LogP) is 1.96. The largest absolute Gasteiger partial charge is 0.489 e. The molecule has 0 aliphatic heterocycles. The van der Waals surface area contributed by atoms with Crippen molar-refractivity contribution in [1.29, 1.82) is 0 Å². The van der Waals surface area contributed by atoms with Crippen molar-refractivity contribution in [2.75, 3.05) is 13.2 Å². The number of hydrogen-bond donors (Lipinski definition) is 2. The SMILES string of the molecule is O=C(Cc1ccc(OCc2cccnc2Cl)cc1)NCCO. The number of aromatic nitrogens is 1. The van der Waals surface area contributed by atoms with Gasteiger partial charge in [-0.15, -0.1) is 0 Å². The summed E-state index contributed by atoms with van der Waals surface area (Å²) in [5, 5.41) is 11.7. The number of benzene rings is 1. The Bertz CT molecular complexity index is 617. The number of carbonyl (C=O) groups excluding carboxylic acids is 1. The lowest BCUT2D eigenvalue weighted by Gasteiger charge is -2.08. The molecule has 6 heteroatoms. The van der Waals surface area contributed by atoms with Crippen LogP contribution in [0.3, 0.4) is 0 Å². The Balaban J connectivity index is 1.87. The second kappa shape index (κ2) is 8.36. The first kappa shape index (κ1) is 16.3. The number of amides is 1. The van der Waals surface area contributed by atoms with Gasteiger partial charge in [0.05, 0.1) is 13.0 Å². The molecule has 0 atom stereocenters. The van der Waals surface area contributed by atoms with Crippen molar-refractivity contribution in [3.05, 3.63) is 58.9 Å². The highest BCUT2D eigenvalue weighted by atomic mass is 35.5. The summed E-state index contributed by atoms with van der Waals surface area (Å²) in [5.41, 5.74) is 1.69. The molecule has 0 fully saturated rings. The van der Waals surface area contributed by atoms with Crippen LogP contribution in [0.2, 0.25) is 5.15 Å². The van der Waals surface area contributed by atoms with E-state index in [9.17, 15) is 4.79 Å². The Labute approximate surface area is 133 Å². The molecule has 0 radical (unpaired) electrons. The number of nitrogens with one attached hydrogen (secondary N) is 1. The van der Waals surface area contributed by atoms with Crippen LogP contribution in [0.5, 0.6) is 5.75 Å². The Kier molecular flexibility index (Phi) is 6.18. The monoisotopic (exact) mass is 320 g/mol. The van der Waals surface area contributed by atoms with Crippen LogP contribution in [-0.2, 0) is 17.8 Å². The lowest BCUT2D eigenvalue weighted by Crippen LogP contribution is -2.27. The quantitative estimate of drug-likeness (QED) is 0.765. The van der Waals surface area contributed by atoms with E-state index in [2.05, 4.69) is 10.3 Å². The van der Waals surface area contributed by atoms with Gasteiger partial charge < -0.3 is 15.2 Å². The molecule has 1 heterocycles. The van der Waals surface area contributed by atoms with Crippen LogP contribution in [0.25, 0.3) is 0 Å². The molecule has 1 aromatic heterocycles. The zero-order valence-corrected chi connectivity index (χ0v) is 12.7. The lowest BCUT2D eigenvalue weighted by atomic mass is 10.1. The fourth-order valence-electron chi connectivity index (χ4n) is 1.83. The smallest absolute Gasteiger partial charge is 0.224 e. The van der Waals surface area contributed by atoms with Crippen LogP contribution in [0, 0.1) is 0 Å². The fraction of sp³-hybridized carbons (Fsp3) is 0.250. The maximum Gasteiger partial charge on any atom is 0.224 e. The molecule has 0 bridgehead atoms. The van der Waals surface area contributed by atoms with Gasteiger partial charge in [-0.2, -0.15) is 0 Å². The van der Waals surface area contributed by atoms with Crippen molar-refractivity contribution in [2.45, 2.75) is 13.0 Å². The fourth-order valence-corrected chi connectivity index (χ4v) is 2.01.